The van der Waals surface area contributed by atoms with Gasteiger partial charge < -0.3 is 10.2 Å². The van der Waals surface area contributed by atoms with Crippen molar-refractivity contribution in [2.24, 2.45) is 0 Å². The number of aromatic hydroxyl groups is 1. The van der Waals surface area contributed by atoms with Gasteiger partial charge in [0.15, 0.2) is 0 Å². The Balaban J connectivity index is 2.50. The molecule has 1 aromatic carbocycles. The third-order valence-electron chi connectivity index (χ3n) is 2.90. The summed E-state index contributed by atoms with van der Waals surface area (Å²) in [6.45, 7) is 3.83. The van der Waals surface area contributed by atoms with Gasteiger partial charge in [-0.25, -0.2) is 0 Å². The molecule has 13 heavy (non-hydrogen) atoms. The monoisotopic (exact) mass is 178 g/mol. The Morgan fingerprint density at radius 2 is 1.85 bits per heavy atom. The van der Waals surface area contributed by atoms with Gasteiger partial charge in [0.2, 0.25) is 0 Å². The van der Waals surface area contributed by atoms with E-state index in [1.165, 1.54) is 0 Å². The summed E-state index contributed by atoms with van der Waals surface area (Å²) in [6, 6.07) is 3.64. The van der Waals surface area contributed by atoms with Crippen LogP contribution in [0.1, 0.15) is 29.5 Å². The number of aryl methyl sites for hydroxylation is 1. The average Bonchev–Trinajstić information content (AvgIpc) is 2.80. The highest BCUT2D eigenvalue weighted by molar-refractivity contribution is 5.44. The maximum absolute atomic E-state index is 9.83. The van der Waals surface area contributed by atoms with Gasteiger partial charge in [-0.2, -0.15) is 0 Å². The molecular weight excluding hydrogens is 164 g/mol. The van der Waals surface area contributed by atoms with Gasteiger partial charge in [-0.3, -0.25) is 0 Å². The zero-order chi connectivity index (χ0) is 9.64. The number of hydrogen-bond donors (Lipinski definition) is 2. The number of rotatable bonds is 1. The largest absolute Gasteiger partial charge is 0.508 e. The van der Waals surface area contributed by atoms with Crippen molar-refractivity contribution in [3.63, 3.8) is 0 Å². The highest BCUT2D eigenvalue weighted by Crippen LogP contribution is 2.46. The first kappa shape index (κ1) is 8.57. The fourth-order valence-electron chi connectivity index (χ4n) is 1.52. The number of aliphatic hydroxyl groups is 1. The van der Waals surface area contributed by atoms with Crippen molar-refractivity contribution in [3.05, 3.63) is 28.8 Å². The van der Waals surface area contributed by atoms with Crippen LogP contribution in [0.15, 0.2) is 12.1 Å². The van der Waals surface area contributed by atoms with Crippen LogP contribution >= 0.6 is 0 Å². The van der Waals surface area contributed by atoms with Crippen LogP contribution in [0.5, 0.6) is 5.75 Å². The van der Waals surface area contributed by atoms with Gasteiger partial charge in [-0.05, 0) is 49.4 Å². The van der Waals surface area contributed by atoms with Gasteiger partial charge >= 0.3 is 0 Å². The molecule has 2 rings (SSSR count). The molecular formula is C11H14O2. The Morgan fingerprint density at radius 1 is 1.23 bits per heavy atom. The van der Waals surface area contributed by atoms with Crippen LogP contribution in [0.2, 0.25) is 0 Å². The van der Waals surface area contributed by atoms with E-state index in [0.29, 0.717) is 0 Å². The summed E-state index contributed by atoms with van der Waals surface area (Å²) in [6.07, 6.45) is 1.63. The van der Waals surface area contributed by atoms with E-state index in [4.69, 9.17) is 0 Å². The minimum absolute atomic E-state index is 0.287. The molecule has 0 heterocycles. The molecule has 0 saturated heterocycles. The second-order valence-corrected chi connectivity index (χ2v) is 3.97. The molecule has 1 aromatic rings. The minimum Gasteiger partial charge on any atom is -0.508 e. The lowest BCUT2D eigenvalue weighted by molar-refractivity contribution is 0.151. The number of phenols is 1. The number of phenolic OH excluding ortho intramolecular Hbond substituents is 1. The molecule has 2 nitrogen and oxygen atoms in total. The van der Waals surface area contributed by atoms with Crippen LogP contribution in [-0.2, 0) is 5.60 Å². The average molecular weight is 178 g/mol. The Labute approximate surface area is 77.8 Å². The molecule has 2 heteroatoms. The molecule has 1 aliphatic rings. The molecule has 0 spiro atoms. The minimum atomic E-state index is -0.643. The Kier molecular flexibility index (Phi) is 1.64. The fraction of sp³-hybridized carbons (Fsp3) is 0.455. The Hall–Kier alpha value is -1.02. The van der Waals surface area contributed by atoms with Crippen molar-refractivity contribution >= 4 is 0 Å². The SMILES string of the molecule is Cc1cc(C2(O)CC2)cc(O)c1C. The summed E-state index contributed by atoms with van der Waals surface area (Å²) < 4.78 is 0. The van der Waals surface area contributed by atoms with E-state index >= 15 is 0 Å². The van der Waals surface area contributed by atoms with Gasteiger partial charge in [-0.15, -0.1) is 0 Å². The Bertz CT molecular complexity index is 328. The van der Waals surface area contributed by atoms with Crippen molar-refractivity contribution in [2.75, 3.05) is 0 Å². The quantitative estimate of drug-likeness (QED) is 0.690. The second-order valence-electron chi connectivity index (χ2n) is 3.97. The van der Waals surface area contributed by atoms with Crippen LogP contribution in [0, 0.1) is 13.8 Å². The van der Waals surface area contributed by atoms with E-state index in [1.54, 1.807) is 6.07 Å². The van der Waals surface area contributed by atoms with Crippen molar-refractivity contribution in [2.45, 2.75) is 32.3 Å². The summed E-state index contributed by atoms with van der Waals surface area (Å²) in [4.78, 5) is 0. The van der Waals surface area contributed by atoms with Gasteiger partial charge in [0.05, 0.1) is 5.60 Å². The molecule has 0 amide bonds. The second kappa shape index (κ2) is 2.48. The van der Waals surface area contributed by atoms with Crippen LogP contribution < -0.4 is 0 Å². The molecule has 1 fully saturated rings. The first-order valence-electron chi connectivity index (χ1n) is 4.56. The van der Waals surface area contributed by atoms with Crippen molar-refractivity contribution in [3.8, 4) is 5.75 Å². The van der Waals surface area contributed by atoms with Crippen LogP contribution in [0.4, 0.5) is 0 Å². The molecule has 0 aliphatic heterocycles. The first-order chi connectivity index (χ1) is 6.03. The molecule has 2 N–H and O–H groups in total. The summed E-state index contributed by atoms with van der Waals surface area (Å²) in [5.74, 6) is 0.287. The van der Waals surface area contributed by atoms with Crippen molar-refractivity contribution in [1.82, 2.24) is 0 Å². The third-order valence-corrected chi connectivity index (χ3v) is 2.90. The van der Waals surface area contributed by atoms with E-state index in [-0.39, 0.29) is 5.75 Å². The molecule has 0 bridgehead atoms. The predicted molar refractivity (Wildman–Crippen MR) is 50.7 cm³/mol. The van der Waals surface area contributed by atoms with E-state index in [0.717, 1.165) is 29.5 Å². The smallest absolute Gasteiger partial charge is 0.119 e. The van der Waals surface area contributed by atoms with Gasteiger partial charge in [0.25, 0.3) is 0 Å². The summed E-state index contributed by atoms with van der Waals surface area (Å²) in [5.41, 5.74) is 2.15. The molecule has 0 atom stereocenters. The molecule has 0 aromatic heterocycles. The predicted octanol–water partition coefficient (Wildman–Crippen LogP) is 1.99. The normalized spacial score (nSPS) is 18.7. The molecule has 0 unspecified atom stereocenters. The summed E-state index contributed by atoms with van der Waals surface area (Å²) >= 11 is 0. The number of hydrogen-bond acceptors (Lipinski definition) is 2. The zero-order valence-corrected chi connectivity index (χ0v) is 7.96. The molecule has 1 saturated carbocycles. The maximum Gasteiger partial charge on any atom is 0.119 e. The third kappa shape index (κ3) is 1.31. The van der Waals surface area contributed by atoms with Gasteiger partial charge in [0.1, 0.15) is 5.75 Å². The lowest BCUT2D eigenvalue weighted by atomic mass is 10.0. The number of benzene rings is 1. The van der Waals surface area contributed by atoms with E-state index in [2.05, 4.69) is 0 Å². The van der Waals surface area contributed by atoms with E-state index < -0.39 is 5.60 Å². The highest BCUT2D eigenvalue weighted by atomic mass is 16.3. The van der Waals surface area contributed by atoms with Crippen molar-refractivity contribution < 1.29 is 10.2 Å². The lowest BCUT2D eigenvalue weighted by Gasteiger charge is -2.11. The standard InChI is InChI=1S/C11H14O2/c1-7-5-9(11(13)3-4-11)6-10(12)8(7)2/h5-6,12-13H,3-4H2,1-2H3. The molecule has 1 aliphatic carbocycles. The summed E-state index contributed by atoms with van der Waals surface area (Å²) in [7, 11) is 0. The van der Waals surface area contributed by atoms with Gasteiger partial charge in [-0.1, -0.05) is 6.07 Å². The molecule has 0 radical (unpaired) electrons. The van der Waals surface area contributed by atoms with Crippen LogP contribution in [0.3, 0.4) is 0 Å². The van der Waals surface area contributed by atoms with Crippen LogP contribution in [0.25, 0.3) is 0 Å². The Morgan fingerprint density at radius 3 is 2.31 bits per heavy atom. The summed E-state index contributed by atoms with van der Waals surface area (Å²) in [5, 5.41) is 19.4. The fourth-order valence-corrected chi connectivity index (χ4v) is 1.52. The van der Waals surface area contributed by atoms with E-state index in [1.807, 2.05) is 19.9 Å². The molecule has 70 valence electrons. The van der Waals surface area contributed by atoms with E-state index in [9.17, 15) is 10.2 Å². The lowest BCUT2D eigenvalue weighted by Crippen LogP contribution is -2.04. The zero-order valence-electron chi connectivity index (χ0n) is 7.96. The first-order valence-corrected chi connectivity index (χ1v) is 4.56. The topological polar surface area (TPSA) is 40.5 Å². The van der Waals surface area contributed by atoms with Crippen LogP contribution in [-0.4, -0.2) is 10.2 Å². The highest BCUT2D eigenvalue weighted by Gasteiger charge is 2.42. The van der Waals surface area contributed by atoms with Gasteiger partial charge in [0, 0.05) is 0 Å². The van der Waals surface area contributed by atoms with Crippen molar-refractivity contribution in [1.29, 1.82) is 0 Å². The maximum atomic E-state index is 9.83.